The summed E-state index contributed by atoms with van der Waals surface area (Å²) in [4.78, 5) is 22.4. The molecule has 6 heteroatoms. The number of carboxylic acids is 1. The molecule has 0 unspecified atom stereocenters. The Morgan fingerprint density at radius 1 is 1.30 bits per heavy atom. The van der Waals surface area contributed by atoms with Crippen molar-refractivity contribution in [2.75, 3.05) is 6.54 Å². The summed E-state index contributed by atoms with van der Waals surface area (Å²) in [6.45, 7) is 2.95. The van der Waals surface area contributed by atoms with Crippen molar-refractivity contribution in [2.24, 2.45) is 5.41 Å². The number of amides is 1. The van der Waals surface area contributed by atoms with Crippen molar-refractivity contribution in [2.45, 2.75) is 26.7 Å². The highest BCUT2D eigenvalue weighted by Crippen LogP contribution is 2.14. The fourth-order valence-electron chi connectivity index (χ4n) is 1.47. The molecule has 0 aliphatic heterocycles. The largest absolute Gasteiger partial charge is 0.481 e. The van der Waals surface area contributed by atoms with Crippen LogP contribution in [0.3, 0.4) is 0 Å². The number of benzene rings is 1. The lowest BCUT2D eigenvalue weighted by Gasteiger charge is -2.19. The van der Waals surface area contributed by atoms with Gasteiger partial charge in [0, 0.05) is 13.0 Å². The topological polar surface area (TPSA) is 66.4 Å². The number of rotatable bonds is 6. The lowest BCUT2D eigenvalue weighted by molar-refractivity contribution is -0.146. The predicted octanol–water partition coefficient (Wildman–Crippen LogP) is 2.12. The number of aryl methyl sites for hydroxylation is 1. The van der Waals surface area contributed by atoms with Crippen molar-refractivity contribution in [1.82, 2.24) is 5.32 Å². The van der Waals surface area contributed by atoms with Gasteiger partial charge in [0.15, 0.2) is 0 Å². The quantitative estimate of drug-likeness (QED) is 0.841. The minimum atomic E-state index is -1.07. The van der Waals surface area contributed by atoms with Crippen molar-refractivity contribution in [3.8, 4) is 0 Å². The minimum Gasteiger partial charge on any atom is -0.481 e. The molecular formula is C14H17F2NO3. The third-order valence-corrected chi connectivity index (χ3v) is 2.94. The molecule has 0 fully saturated rings. The number of aliphatic carboxylic acids is 1. The van der Waals surface area contributed by atoms with Gasteiger partial charge in [-0.1, -0.05) is 0 Å². The van der Waals surface area contributed by atoms with Crippen molar-refractivity contribution in [3.63, 3.8) is 0 Å². The first-order valence-corrected chi connectivity index (χ1v) is 6.16. The van der Waals surface area contributed by atoms with Crippen LogP contribution in [0, 0.1) is 17.0 Å². The number of carbonyl (C=O) groups excluding carboxylic acids is 1. The highest BCUT2D eigenvalue weighted by atomic mass is 19.1. The second kappa shape index (κ2) is 6.45. The van der Waals surface area contributed by atoms with Crippen LogP contribution in [0.1, 0.15) is 25.8 Å². The van der Waals surface area contributed by atoms with E-state index < -0.39 is 28.9 Å². The SMILES string of the molecule is CC(C)(CNC(=O)CCc1cc(F)ccc1F)C(=O)O. The van der Waals surface area contributed by atoms with Crippen molar-refractivity contribution in [3.05, 3.63) is 35.4 Å². The number of carboxylic acid groups (broad SMARTS) is 1. The number of carbonyl (C=O) groups is 2. The minimum absolute atomic E-state index is 0.0210. The Balaban J connectivity index is 2.48. The van der Waals surface area contributed by atoms with Gasteiger partial charge in [-0.25, -0.2) is 8.78 Å². The van der Waals surface area contributed by atoms with E-state index in [9.17, 15) is 18.4 Å². The molecule has 0 saturated heterocycles. The van der Waals surface area contributed by atoms with Gasteiger partial charge in [-0.2, -0.15) is 0 Å². The van der Waals surface area contributed by atoms with E-state index >= 15 is 0 Å². The summed E-state index contributed by atoms with van der Waals surface area (Å²) < 4.78 is 26.3. The van der Waals surface area contributed by atoms with E-state index in [2.05, 4.69) is 5.32 Å². The smallest absolute Gasteiger partial charge is 0.310 e. The van der Waals surface area contributed by atoms with Gasteiger partial charge in [0.1, 0.15) is 11.6 Å². The Bertz CT molecular complexity index is 515. The summed E-state index contributed by atoms with van der Waals surface area (Å²) in [5.41, 5.74) is -0.947. The van der Waals surface area contributed by atoms with Crippen LogP contribution in [0.25, 0.3) is 0 Å². The second-order valence-corrected chi connectivity index (χ2v) is 5.20. The van der Waals surface area contributed by atoms with Gasteiger partial charge in [0.05, 0.1) is 5.41 Å². The Labute approximate surface area is 115 Å². The van der Waals surface area contributed by atoms with Crippen LogP contribution in [0.15, 0.2) is 18.2 Å². The molecule has 0 radical (unpaired) electrons. The van der Waals surface area contributed by atoms with E-state index in [1.165, 1.54) is 13.8 Å². The van der Waals surface area contributed by atoms with Crippen LogP contribution in [0.5, 0.6) is 0 Å². The number of nitrogens with one attached hydrogen (secondary N) is 1. The molecule has 1 aromatic rings. The average molecular weight is 285 g/mol. The summed E-state index contributed by atoms with van der Waals surface area (Å²) >= 11 is 0. The number of halogens is 2. The van der Waals surface area contributed by atoms with E-state index in [4.69, 9.17) is 5.11 Å². The molecule has 0 aromatic heterocycles. The van der Waals surface area contributed by atoms with E-state index in [0.29, 0.717) is 0 Å². The van der Waals surface area contributed by atoms with Gasteiger partial charge in [0.25, 0.3) is 0 Å². The van der Waals surface area contributed by atoms with Gasteiger partial charge >= 0.3 is 5.97 Å². The maximum atomic E-state index is 13.3. The molecule has 1 aromatic carbocycles. The van der Waals surface area contributed by atoms with E-state index in [1.807, 2.05) is 0 Å². The summed E-state index contributed by atoms with van der Waals surface area (Å²) in [6, 6.07) is 3.06. The molecular weight excluding hydrogens is 268 g/mol. The maximum absolute atomic E-state index is 13.3. The van der Waals surface area contributed by atoms with E-state index in [-0.39, 0.29) is 24.9 Å². The third kappa shape index (κ3) is 4.60. The monoisotopic (exact) mass is 285 g/mol. The first-order chi connectivity index (χ1) is 9.22. The van der Waals surface area contributed by atoms with Crippen LogP contribution >= 0.6 is 0 Å². The molecule has 20 heavy (non-hydrogen) atoms. The molecule has 110 valence electrons. The second-order valence-electron chi connectivity index (χ2n) is 5.20. The lowest BCUT2D eigenvalue weighted by atomic mass is 9.94. The molecule has 2 N–H and O–H groups in total. The molecule has 1 amide bonds. The van der Waals surface area contributed by atoms with Crippen molar-refractivity contribution >= 4 is 11.9 Å². The maximum Gasteiger partial charge on any atom is 0.310 e. The molecule has 4 nitrogen and oxygen atoms in total. The summed E-state index contributed by atoms with van der Waals surface area (Å²) in [5.74, 6) is -2.55. The number of hydrogen-bond acceptors (Lipinski definition) is 2. The van der Waals surface area contributed by atoms with Crippen LogP contribution < -0.4 is 5.32 Å². The molecule has 0 saturated carbocycles. The fraction of sp³-hybridized carbons (Fsp3) is 0.429. The van der Waals surface area contributed by atoms with Crippen molar-refractivity contribution in [1.29, 1.82) is 0 Å². The molecule has 0 atom stereocenters. The molecule has 0 bridgehead atoms. The summed E-state index contributed by atoms with van der Waals surface area (Å²) in [7, 11) is 0. The third-order valence-electron chi connectivity index (χ3n) is 2.94. The average Bonchev–Trinajstić information content (AvgIpc) is 2.37. The molecule has 0 spiro atoms. The first kappa shape index (κ1) is 16.1. The zero-order chi connectivity index (χ0) is 15.3. The zero-order valence-corrected chi connectivity index (χ0v) is 11.4. The Morgan fingerprint density at radius 2 is 1.95 bits per heavy atom. The molecule has 1 rings (SSSR count). The standard InChI is InChI=1S/C14H17F2NO3/c1-14(2,13(19)20)8-17-12(18)6-3-9-7-10(15)4-5-11(9)16/h4-5,7H,3,6,8H2,1-2H3,(H,17,18)(H,19,20). The van der Waals surface area contributed by atoms with Crippen LogP contribution in [0.2, 0.25) is 0 Å². The molecule has 0 aliphatic carbocycles. The Morgan fingerprint density at radius 3 is 2.55 bits per heavy atom. The van der Waals surface area contributed by atoms with E-state index in [1.54, 1.807) is 0 Å². The zero-order valence-electron chi connectivity index (χ0n) is 11.4. The predicted molar refractivity (Wildman–Crippen MR) is 69.1 cm³/mol. The van der Waals surface area contributed by atoms with Gasteiger partial charge in [0.2, 0.25) is 5.91 Å². The highest BCUT2D eigenvalue weighted by molar-refractivity contribution is 5.78. The van der Waals surface area contributed by atoms with Crippen molar-refractivity contribution < 1.29 is 23.5 Å². The Hall–Kier alpha value is -1.98. The molecule has 0 aliphatic rings. The van der Waals surface area contributed by atoms with Gasteiger partial charge in [-0.05, 0) is 44.0 Å². The molecule has 0 heterocycles. The van der Waals surface area contributed by atoms with Crippen LogP contribution in [0.4, 0.5) is 8.78 Å². The summed E-state index contributed by atoms with van der Waals surface area (Å²) in [5, 5.41) is 11.4. The van der Waals surface area contributed by atoms with Crippen LogP contribution in [-0.2, 0) is 16.0 Å². The first-order valence-electron chi connectivity index (χ1n) is 6.16. The lowest BCUT2D eigenvalue weighted by Crippen LogP contribution is -2.38. The Kier molecular flexibility index (Phi) is 5.19. The normalized spacial score (nSPS) is 11.2. The van der Waals surface area contributed by atoms with Crippen LogP contribution in [-0.4, -0.2) is 23.5 Å². The van der Waals surface area contributed by atoms with Gasteiger partial charge < -0.3 is 10.4 Å². The van der Waals surface area contributed by atoms with Gasteiger partial charge in [-0.3, -0.25) is 9.59 Å². The van der Waals surface area contributed by atoms with E-state index in [0.717, 1.165) is 18.2 Å². The highest BCUT2D eigenvalue weighted by Gasteiger charge is 2.27. The number of hydrogen-bond donors (Lipinski definition) is 2. The van der Waals surface area contributed by atoms with Gasteiger partial charge in [-0.15, -0.1) is 0 Å². The fourth-order valence-corrected chi connectivity index (χ4v) is 1.47. The summed E-state index contributed by atoms with van der Waals surface area (Å²) in [6.07, 6.45) is 0.0268.